The number of rotatable bonds is 7. The summed E-state index contributed by atoms with van der Waals surface area (Å²) in [4.78, 5) is 4.33. The Morgan fingerprint density at radius 3 is 2.31 bits per heavy atom. The number of hydrogen-bond donors (Lipinski definition) is 2. The van der Waals surface area contributed by atoms with Crippen molar-refractivity contribution in [3.63, 3.8) is 0 Å². The van der Waals surface area contributed by atoms with Gasteiger partial charge in [-0.05, 0) is 36.2 Å². The molecule has 0 amide bonds. The maximum atomic E-state index is 6.22. The number of nitrogens with zero attached hydrogens (tertiary/aromatic N) is 1. The summed E-state index contributed by atoms with van der Waals surface area (Å²) < 4.78 is 15.6. The second kappa shape index (κ2) is 11.0. The fraction of sp³-hybridized carbons (Fsp3) is 0.278. The maximum Gasteiger partial charge on any atom is 0.193 e. The van der Waals surface area contributed by atoms with Crippen molar-refractivity contribution in [2.75, 3.05) is 33.2 Å². The maximum absolute atomic E-state index is 6.22. The number of anilines is 1. The van der Waals surface area contributed by atoms with E-state index in [2.05, 4.69) is 10.3 Å². The quantitative estimate of drug-likeness (QED) is 0.348. The number of methoxy groups -OCH3 is 3. The minimum absolute atomic E-state index is 0. The van der Waals surface area contributed by atoms with Gasteiger partial charge in [0.15, 0.2) is 5.96 Å². The summed E-state index contributed by atoms with van der Waals surface area (Å²) in [6.07, 6.45) is 0.667. The van der Waals surface area contributed by atoms with Crippen molar-refractivity contribution in [2.24, 2.45) is 10.7 Å². The largest absolute Gasteiger partial charge is 0.497 e. The van der Waals surface area contributed by atoms with Gasteiger partial charge in [-0.1, -0.05) is 17.7 Å². The molecule has 8 heteroatoms. The molecule has 0 atom stereocenters. The Bertz CT molecular complexity index is 756. The Hall–Kier alpha value is -1.87. The van der Waals surface area contributed by atoms with Gasteiger partial charge in [0.1, 0.15) is 17.2 Å². The van der Waals surface area contributed by atoms with E-state index >= 15 is 0 Å². The summed E-state index contributed by atoms with van der Waals surface area (Å²) in [5, 5.41) is 3.67. The molecular weight excluding hydrogens is 469 g/mol. The zero-order valence-corrected chi connectivity index (χ0v) is 18.0. The Morgan fingerprint density at radius 2 is 1.69 bits per heavy atom. The lowest BCUT2D eigenvalue weighted by Crippen LogP contribution is -2.23. The van der Waals surface area contributed by atoms with Gasteiger partial charge in [0.05, 0.1) is 27.0 Å². The molecule has 0 bridgehead atoms. The monoisotopic (exact) mass is 491 g/mol. The predicted molar refractivity (Wildman–Crippen MR) is 117 cm³/mol. The van der Waals surface area contributed by atoms with Crippen molar-refractivity contribution in [3.05, 3.63) is 47.0 Å². The minimum atomic E-state index is 0. The van der Waals surface area contributed by atoms with Crippen molar-refractivity contribution in [3.8, 4) is 17.2 Å². The first-order valence-electron chi connectivity index (χ1n) is 7.68. The van der Waals surface area contributed by atoms with Crippen LogP contribution in [0.1, 0.15) is 5.56 Å². The van der Waals surface area contributed by atoms with Gasteiger partial charge in [-0.25, -0.2) is 0 Å². The summed E-state index contributed by atoms with van der Waals surface area (Å²) in [5.41, 5.74) is 7.63. The number of ether oxygens (including phenoxy) is 3. The number of aliphatic imine (C=N–C) groups is 1. The van der Waals surface area contributed by atoms with Gasteiger partial charge in [0.25, 0.3) is 0 Å². The van der Waals surface area contributed by atoms with E-state index in [-0.39, 0.29) is 29.9 Å². The zero-order chi connectivity index (χ0) is 18.2. The van der Waals surface area contributed by atoms with E-state index in [4.69, 9.17) is 31.5 Å². The van der Waals surface area contributed by atoms with Crippen molar-refractivity contribution < 1.29 is 14.2 Å². The van der Waals surface area contributed by atoms with Crippen LogP contribution in [-0.4, -0.2) is 33.8 Å². The first-order valence-corrected chi connectivity index (χ1v) is 8.06. The smallest absolute Gasteiger partial charge is 0.193 e. The van der Waals surface area contributed by atoms with Crippen molar-refractivity contribution in [1.29, 1.82) is 0 Å². The van der Waals surface area contributed by atoms with Crippen molar-refractivity contribution in [1.82, 2.24) is 0 Å². The van der Waals surface area contributed by atoms with Gasteiger partial charge in [-0.2, -0.15) is 0 Å². The fourth-order valence-corrected chi connectivity index (χ4v) is 2.51. The average molecular weight is 492 g/mol. The molecule has 0 heterocycles. The van der Waals surface area contributed by atoms with Gasteiger partial charge in [0.2, 0.25) is 0 Å². The van der Waals surface area contributed by atoms with Crippen LogP contribution >= 0.6 is 35.6 Å². The highest BCUT2D eigenvalue weighted by Crippen LogP contribution is 2.28. The summed E-state index contributed by atoms with van der Waals surface area (Å²) in [5.74, 6) is 2.36. The highest BCUT2D eigenvalue weighted by atomic mass is 127. The van der Waals surface area contributed by atoms with Crippen LogP contribution in [-0.2, 0) is 6.42 Å². The molecule has 142 valence electrons. The molecule has 26 heavy (non-hydrogen) atoms. The van der Waals surface area contributed by atoms with E-state index < -0.39 is 0 Å². The summed E-state index contributed by atoms with van der Waals surface area (Å²) in [7, 11) is 4.79. The SMILES string of the molecule is COc1ccc(CCN=C(N)Nc2cc(OC)ccc2OC)c(Cl)c1.I. The third-order valence-corrected chi connectivity index (χ3v) is 3.94. The molecule has 0 aliphatic carbocycles. The van der Waals surface area contributed by atoms with E-state index in [1.54, 1.807) is 39.5 Å². The normalized spacial score (nSPS) is 10.7. The molecule has 0 saturated heterocycles. The standard InChI is InChI=1S/C18H22ClN3O3.HI/c1-23-13-5-4-12(15(19)10-13)8-9-21-18(20)22-16-11-14(24-2)6-7-17(16)25-3;/h4-7,10-11H,8-9H2,1-3H3,(H3,20,21,22);1H. The molecule has 0 aliphatic heterocycles. The van der Waals surface area contributed by atoms with Gasteiger partial charge in [0, 0.05) is 17.6 Å². The van der Waals surface area contributed by atoms with Crippen LogP contribution in [0, 0.1) is 0 Å². The van der Waals surface area contributed by atoms with E-state index in [0.29, 0.717) is 35.2 Å². The first-order chi connectivity index (χ1) is 12.1. The van der Waals surface area contributed by atoms with Crippen LogP contribution in [0.15, 0.2) is 41.4 Å². The van der Waals surface area contributed by atoms with Gasteiger partial charge < -0.3 is 25.3 Å². The topological polar surface area (TPSA) is 78.1 Å². The lowest BCUT2D eigenvalue weighted by atomic mass is 10.1. The van der Waals surface area contributed by atoms with E-state index in [0.717, 1.165) is 11.3 Å². The average Bonchev–Trinajstić information content (AvgIpc) is 2.62. The number of guanidine groups is 1. The molecule has 6 nitrogen and oxygen atoms in total. The van der Waals surface area contributed by atoms with E-state index in [1.165, 1.54) is 0 Å². The molecule has 0 spiro atoms. The molecule has 2 aromatic carbocycles. The minimum Gasteiger partial charge on any atom is -0.497 e. The lowest BCUT2D eigenvalue weighted by molar-refractivity contribution is 0.405. The molecular formula is C18H23ClIN3O3. The molecule has 0 radical (unpaired) electrons. The summed E-state index contributed by atoms with van der Waals surface area (Å²) in [6.45, 7) is 0.497. The third-order valence-electron chi connectivity index (χ3n) is 3.59. The molecule has 0 aromatic heterocycles. The second-order valence-corrected chi connectivity index (χ2v) is 5.57. The van der Waals surface area contributed by atoms with Crippen LogP contribution in [0.5, 0.6) is 17.2 Å². The number of nitrogens with one attached hydrogen (secondary N) is 1. The van der Waals surface area contributed by atoms with E-state index in [1.807, 2.05) is 18.2 Å². The third kappa shape index (κ3) is 6.14. The van der Waals surface area contributed by atoms with Crippen molar-refractivity contribution in [2.45, 2.75) is 6.42 Å². The Labute approximate surface area is 175 Å². The van der Waals surface area contributed by atoms with Gasteiger partial charge >= 0.3 is 0 Å². The predicted octanol–water partition coefficient (Wildman–Crippen LogP) is 3.95. The van der Waals surface area contributed by atoms with E-state index in [9.17, 15) is 0 Å². The number of halogens is 2. The molecule has 0 aliphatic rings. The van der Waals surface area contributed by atoms with Crippen LogP contribution in [0.2, 0.25) is 5.02 Å². The lowest BCUT2D eigenvalue weighted by Gasteiger charge is -2.12. The van der Waals surface area contributed by atoms with Gasteiger partial charge in [-0.3, -0.25) is 4.99 Å². The van der Waals surface area contributed by atoms with Gasteiger partial charge in [-0.15, -0.1) is 24.0 Å². The van der Waals surface area contributed by atoms with Crippen LogP contribution < -0.4 is 25.3 Å². The highest BCUT2D eigenvalue weighted by molar-refractivity contribution is 14.0. The summed E-state index contributed by atoms with van der Waals surface area (Å²) >= 11 is 6.22. The molecule has 0 fully saturated rings. The van der Waals surface area contributed by atoms with Crippen LogP contribution in [0.4, 0.5) is 5.69 Å². The van der Waals surface area contributed by atoms with Crippen molar-refractivity contribution >= 4 is 47.2 Å². The molecule has 3 N–H and O–H groups in total. The summed E-state index contributed by atoms with van der Waals surface area (Å²) in [6, 6.07) is 11.0. The number of nitrogens with two attached hydrogens (primary N) is 1. The Morgan fingerprint density at radius 1 is 1.04 bits per heavy atom. The molecule has 0 unspecified atom stereocenters. The number of benzene rings is 2. The zero-order valence-electron chi connectivity index (χ0n) is 14.9. The second-order valence-electron chi connectivity index (χ2n) is 5.17. The Kier molecular flexibility index (Phi) is 9.36. The fourth-order valence-electron chi connectivity index (χ4n) is 2.24. The number of hydrogen-bond acceptors (Lipinski definition) is 4. The Balaban J connectivity index is 0.00000338. The molecule has 2 aromatic rings. The first kappa shape index (κ1) is 22.2. The van der Waals surface area contributed by atoms with Crippen LogP contribution in [0.3, 0.4) is 0 Å². The van der Waals surface area contributed by atoms with Crippen LogP contribution in [0.25, 0.3) is 0 Å². The molecule has 0 saturated carbocycles. The molecule has 2 rings (SSSR count). The highest BCUT2D eigenvalue weighted by Gasteiger charge is 2.06.